The number of ether oxygens (including phenoxy) is 1. The molecule has 0 aromatic carbocycles. The molecule has 3 fully saturated rings. The van der Waals surface area contributed by atoms with Crippen LogP contribution < -0.4 is 0 Å². The summed E-state index contributed by atoms with van der Waals surface area (Å²) in [4.78, 5) is 12.6. The Balaban J connectivity index is 2.12. The first-order chi connectivity index (χ1) is 7.10. The Kier molecular flexibility index (Phi) is 1.58. The number of fused-ring (bicyclic) bond motifs is 2. The Morgan fingerprint density at radius 3 is 2.44 bits per heavy atom. The van der Waals surface area contributed by atoms with Crippen LogP contribution in [0.5, 0.6) is 0 Å². The maximum Gasteiger partial charge on any atom is 0.255 e. The monoisotopic (exact) mass is 242 g/mol. The number of rotatable bonds is 1. The largest absolute Gasteiger partial charge is 0.358 e. The standard InChI is InChI=1S/C12H19FO2Si/c1-10(2)7-6-8-11(3,15-8)9(14)12(7,10)16(4,5)13/h7-8H,6H2,1-5H3/t7?,8-,11-,12+/m0/s1. The van der Waals surface area contributed by atoms with Gasteiger partial charge in [-0.05, 0) is 37.8 Å². The molecule has 0 aromatic rings. The number of carbonyl (C=O) groups is 1. The van der Waals surface area contributed by atoms with E-state index in [2.05, 4.69) is 13.8 Å². The minimum Gasteiger partial charge on any atom is -0.358 e. The van der Waals surface area contributed by atoms with Crippen molar-refractivity contribution in [1.29, 1.82) is 0 Å². The van der Waals surface area contributed by atoms with Crippen molar-refractivity contribution in [3.05, 3.63) is 0 Å². The number of hydrogen-bond donors (Lipinski definition) is 0. The Morgan fingerprint density at radius 2 is 1.94 bits per heavy atom. The molecule has 0 aromatic heterocycles. The maximum absolute atomic E-state index is 14.7. The van der Waals surface area contributed by atoms with Crippen LogP contribution in [0.2, 0.25) is 18.1 Å². The first-order valence-electron chi connectivity index (χ1n) is 6.02. The van der Waals surface area contributed by atoms with E-state index in [1.54, 1.807) is 13.1 Å². The normalized spacial score (nSPS) is 53.0. The molecule has 2 nitrogen and oxygen atoms in total. The van der Waals surface area contributed by atoms with Gasteiger partial charge in [-0.15, -0.1) is 0 Å². The minimum absolute atomic E-state index is 0.0606. The van der Waals surface area contributed by atoms with Crippen LogP contribution >= 0.6 is 0 Å². The van der Waals surface area contributed by atoms with E-state index in [4.69, 9.17) is 4.74 Å². The van der Waals surface area contributed by atoms with Crippen LogP contribution in [-0.4, -0.2) is 25.9 Å². The lowest BCUT2D eigenvalue weighted by Gasteiger charge is -2.30. The van der Waals surface area contributed by atoms with E-state index >= 15 is 0 Å². The van der Waals surface area contributed by atoms with Gasteiger partial charge in [0, 0.05) is 0 Å². The van der Waals surface area contributed by atoms with E-state index in [-0.39, 0.29) is 23.2 Å². The predicted octanol–water partition coefficient (Wildman–Crippen LogP) is 2.69. The van der Waals surface area contributed by atoms with Gasteiger partial charge in [0.1, 0.15) is 0 Å². The van der Waals surface area contributed by atoms with Crippen LogP contribution in [-0.2, 0) is 9.53 Å². The van der Waals surface area contributed by atoms with E-state index in [0.29, 0.717) is 0 Å². The average Bonchev–Trinajstić information content (AvgIpc) is 2.87. The summed E-state index contributed by atoms with van der Waals surface area (Å²) in [7, 11) is -3.00. The van der Waals surface area contributed by atoms with Crippen molar-refractivity contribution in [2.75, 3.05) is 0 Å². The first kappa shape index (κ1) is 10.9. The summed E-state index contributed by atoms with van der Waals surface area (Å²) >= 11 is 0. The molecule has 2 aliphatic carbocycles. The molecule has 3 rings (SSSR count). The van der Waals surface area contributed by atoms with Crippen LogP contribution in [0, 0.1) is 11.3 Å². The second-order valence-corrected chi connectivity index (χ2v) is 10.6. The third kappa shape index (κ3) is 0.807. The lowest BCUT2D eigenvalue weighted by molar-refractivity contribution is -0.125. The van der Waals surface area contributed by atoms with Crippen molar-refractivity contribution in [3.63, 3.8) is 0 Å². The fourth-order valence-corrected chi connectivity index (χ4v) is 8.31. The molecular formula is C12H19FO2Si. The molecular weight excluding hydrogens is 223 g/mol. The highest BCUT2D eigenvalue weighted by Crippen LogP contribution is 2.85. The van der Waals surface area contributed by atoms with Crippen molar-refractivity contribution >= 4 is 14.2 Å². The highest BCUT2D eigenvalue weighted by molar-refractivity contribution is 6.79. The number of ketones is 1. The summed E-state index contributed by atoms with van der Waals surface area (Å²) in [5.74, 6) is 0.269. The summed E-state index contributed by atoms with van der Waals surface area (Å²) in [6, 6.07) is 0. The number of halogens is 1. The summed E-state index contributed by atoms with van der Waals surface area (Å²) in [6.45, 7) is 9.31. The van der Waals surface area contributed by atoms with Gasteiger partial charge in [-0.3, -0.25) is 4.79 Å². The molecule has 0 amide bonds. The van der Waals surface area contributed by atoms with Crippen LogP contribution in [0.25, 0.3) is 0 Å². The molecule has 0 radical (unpaired) electrons. The minimum atomic E-state index is -3.00. The van der Waals surface area contributed by atoms with E-state index < -0.39 is 19.0 Å². The molecule has 90 valence electrons. The average molecular weight is 242 g/mol. The number of hydrogen-bond acceptors (Lipinski definition) is 2. The lowest BCUT2D eigenvalue weighted by Crippen LogP contribution is -2.46. The van der Waals surface area contributed by atoms with Crippen LogP contribution in [0.1, 0.15) is 27.2 Å². The zero-order chi connectivity index (χ0) is 12.1. The molecule has 2 saturated carbocycles. The van der Waals surface area contributed by atoms with Gasteiger partial charge < -0.3 is 8.84 Å². The van der Waals surface area contributed by atoms with E-state index in [1.807, 2.05) is 6.92 Å². The van der Waals surface area contributed by atoms with Crippen LogP contribution in [0.15, 0.2) is 0 Å². The molecule has 0 spiro atoms. The Morgan fingerprint density at radius 1 is 1.38 bits per heavy atom. The van der Waals surface area contributed by atoms with E-state index in [9.17, 15) is 8.90 Å². The third-order valence-corrected chi connectivity index (χ3v) is 8.56. The molecule has 16 heavy (non-hydrogen) atoms. The zero-order valence-electron chi connectivity index (χ0n) is 10.6. The second-order valence-electron chi connectivity index (χ2n) is 6.83. The molecule has 0 N–H and O–H groups in total. The van der Waals surface area contributed by atoms with Crippen molar-refractivity contribution in [3.8, 4) is 0 Å². The quantitative estimate of drug-likeness (QED) is 0.402. The first-order valence-corrected chi connectivity index (χ1v) is 8.89. The van der Waals surface area contributed by atoms with Crippen molar-refractivity contribution < 1.29 is 13.6 Å². The Labute approximate surface area is 96.7 Å². The molecule has 0 bridgehead atoms. The summed E-state index contributed by atoms with van der Waals surface area (Å²) in [5, 5.41) is -0.679. The SMILES string of the molecule is CC1(C)C2C[C@@H]3O[C@]3(C)C(=O)[C@]21[Si](C)(C)F. The molecule has 1 heterocycles. The summed E-state index contributed by atoms with van der Waals surface area (Å²) in [6.07, 6.45) is 0.937. The molecule has 1 unspecified atom stereocenters. The highest BCUT2D eigenvalue weighted by atomic mass is 28.4. The summed E-state index contributed by atoms with van der Waals surface area (Å²) < 4.78 is 20.2. The summed E-state index contributed by atoms with van der Waals surface area (Å²) in [5.41, 5.74) is -0.811. The van der Waals surface area contributed by atoms with Gasteiger partial charge in [0.2, 0.25) is 0 Å². The van der Waals surface area contributed by atoms with Gasteiger partial charge in [-0.25, -0.2) is 0 Å². The number of carbonyl (C=O) groups excluding carboxylic acids is 1. The van der Waals surface area contributed by atoms with Crippen LogP contribution in [0.4, 0.5) is 4.11 Å². The lowest BCUT2D eigenvalue weighted by atomic mass is 9.88. The number of Topliss-reactive ketones (excluding diaryl/α,β-unsaturated/α-hetero) is 1. The van der Waals surface area contributed by atoms with Crippen molar-refractivity contribution in [1.82, 2.24) is 0 Å². The smallest absolute Gasteiger partial charge is 0.255 e. The highest BCUT2D eigenvalue weighted by Gasteiger charge is 2.89. The van der Waals surface area contributed by atoms with Crippen LogP contribution in [0.3, 0.4) is 0 Å². The van der Waals surface area contributed by atoms with E-state index in [0.717, 1.165) is 6.42 Å². The molecule has 1 saturated heterocycles. The topological polar surface area (TPSA) is 29.6 Å². The van der Waals surface area contributed by atoms with Crippen molar-refractivity contribution in [2.24, 2.45) is 11.3 Å². The predicted molar refractivity (Wildman–Crippen MR) is 61.5 cm³/mol. The Hall–Kier alpha value is -0.223. The molecule has 1 aliphatic heterocycles. The maximum atomic E-state index is 14.7. The van der Waals surface area contributed by atoms with Crippen molar-refractivity contribution in [2.45, 2.75) is 57.0 Å². The van der Waals surface area contributed by atoms with Gasteiger partial charge in [0.05, 0.1) is 11.1 Å². The van der Waals surface area contributed by atoms with E-state index in [1.165, 1.54) is 0 Å². The fraction of sp³-hybridized carbons (Fsp3) is 0.917. The van der Waals surface area contributed by atoms with Gasteiger partial charge in [-0.1, -0.05) is 13.8 Å². The fourth-order valence-electron chi connectivity index (χ4n) is 4.58. The number of epoxide rings is 1. The third-order valence-electron chi connectivity index (χ3n) is 5.47. The molecule has 4 atom stereocenters. The Bertz CT molecular complexity index is 400. The van der Waals surface area contributed by atoms with Gasteiger partial charge in [0.15, 0.2) is 11.4 Å². The van der Waals surface area contributed by atoms with Gasteiger partial charge >= 0.3 is 0 Å². The molecule has 3 aliphatic rings. The van der Waals surface area contributed by atoms with Gasteiger partial charge in [-0.2, -0.15) is 0 Å². The second kappa shape index (κ2) is 2.32. The molecule has 4 heteroatoms. The zero-order valence-corrected chi connectivity index (χ0v) is 11.6. The van der Waals surface area contributed by atoms with Gasteiger partial charge in [0.25, 0.3) is 8.41 Å².